The number of hydrogen-bond acceptors (Lipinski definition) is 3. The number of nitrogens with one attached hydrogen (secondary N) is 1. The molecule has 0 bridgehead atoms. The predicted molar refractivity (Wildman–Crippen MR) is 65.8 cm³/mol. The molecular formula is C12H16N2O2S. The molecule has 0 aliphatic rings. The Labute approximate surface area is 102 Å². The lowest BCUT2D eigenvalue weighted by molar-refractivity contribution is 0.495. The summed E-state index contributed by atoms with van der Waals surface area (Å²) in [5.41, 5.74) is -0.405. The van der Waals surface area contributed by atoms with Crippen LogP contribution in [-0.4, -0.2) is 14.0 Å². The van der Waals surface area contributed by atoms with Crippen LogP contribution in [0.15, 0.2) is 29.2 Å². The SMILES string of the molecule is CCC(C)(C#N)NS(=O)(=O)c1ccccc1C. The number of rotatable bonds is 4. The van der Waals surface area contributed by atoms with E-state index in [9.17, 15) is 8.42 Å². The first-order valence-corrected chi connectivity index (χ1v) is 6.84. The summed E-state index contributed by atoms with van der Waals surface area (Å²) in [4.78, 5) is 0.218. The number of aryl methyl sites for hydroxylation is 1. The lowest BCUT2D eigenvalue weighted by Gasteiger charge is -2.21. The Balaban J connectivity index is 3.15. The lowest BCUT2D eigenvalue weighted by atomic mass is 10.0. The summed E-state index contributed by atoms with van der Waals surface area (Å²) < 4.78 is 26.7. The van der Waals surface area contributed by atoms with Gasteiger partial charge in [0.05, 0.1) is 11.0 Å². The summed E-state index contributed by atoms with van der Waals surface area (Å²) in [5.74, 6) is 0. The fourth-order valence-electron chi connectivity index (χ4n) is 1.38. The van der Waals surface area contributed by atoms with Gasteiger partial charge in [-0.25, -0.2) is 8.42 Å². The van der Waals surface area contributed by atoms with Crippen LogP contribution in [0.2, 0.25) is 0 Å². The molecule has 0 amide bonds. The molecule has 1 unspecified atom stereocenters. The molecule has 1 aromatic rings. The zero-order valence-electron chi connectivity index (χ0n) is 10.2. The van der Waals surface area contributed by atoms with Gasteiger partial charge in [-0.2, -0.15) is 9.98 Å². The molecular weight excluding hydrogens is 236 g/mol. The summed E-state index contributed by atoms with van der Waals surface area (Å²) in [5, 5.41) is 8.99. The summed E-state index contributed by atoms with van der Waals surface area (Å²) in [6, 6.07) is 8.68. The van der Waals surface area contributed by atoms with Crippen molar-refractivity contribution >= 4 is 10.0 Å². The smallest absolute Gasteiger partial charge is 0.207 e. The van der Waals surface area contributed by atoms with Gasteiger partial charge in [0.1, 0.15) is 5.54 Å². The van der Waals surface area contributed by atoms with Crippen molar-refractivity contribution < 1.29 is 8.42 Å². The molecule has 0 fully saturated rings. The standard InChI is InChI=1S/C12H16N2O2S/c1-4-12(3,9-13)14-17(15,16)11-8-6-5-7-10(11)2/h5-8,14H,4H2,1-3H3. The van der Waals surface area contributed by atoms with Gasteiger partial charge >= 0.3 is 0 Å². The maximum absolute atomic E-state index is 12.1. The molecule has 0 saturated heterocycles. The second-order valence-corrected chi connectivity index (χ2v) is 5.82. The van der Waals surface area contributed by atoms with Crippen LogP contribution < -0.4 is 4.72 Å². The van der Waals surface area contributed by atoms with Gasteiger partial charge < -0.3 is 0 Å². The molecule has 0 radical (unpaired) electrons. The molecule has 0 aliphatic heterocycles. The number of nitrogens with zero attached hydrogens (tertiary/aromatic N) is 1. The van der Waals surface area contributed by atoms with Gasteiger partial charge in [0.2, 0.25) is 10.0 Å². The van der Waals surface area contributed by atoms with Gasteiger partial charge in [0.15, 0.2) is 0 Å². The van der Waals surface area contributed by atoms with E-state index in [4.69, 9.17) is 5.26 Å². The van der Waals surface area contributed by atoms with Crippen molar-refractivity contribution in [1.29, 1.82) is 5.26 Å². The maximum Gasteiger partial charge on any atom is 0.242 e. The van der Waals surface area contributed by atoms with E-state index in [1.165, 1.54) is 6.07 Å². The van der Waals surface area contributed by atoms with Crippen molar-refractivity contribution in [2.45, 2.75) is 37.6 Å². The van der Waals surface area contributed by atoms with Gasteiger partial charge in [-0.05, 0) is 31.9 Å². The monoisotopic (exact) mass is 252 g/mol. The molecule has 0 aliphatic carbocycles. The molecule has 17 heavy (non-hydrogen) atoms. The molecule has 0 heterocycles. The summed E-state index contributed by atoms with van der Waals surface area (Å²) in [6.07, 6.45) is 0.411. The number of benzene rings is 1. The molecule has 1 aromatic carbocycles. The largest absolute Gasteiger partial charge is 0.242 e. The van der Waals surface area contributed by atoms with E-state index >= 15 is 0 Å². The Morgan fingerprint density at radius 2 is 2.00 bits per heavy atom. The fraction of sp³-hybridized carbons (Fsp3) is 0.417. The van der Waals surface area contributed by atoms with Gasteiger partial charge in [-0.1, -0.05) is 25.1 Å². The van der Waals surface area contributed by atoms with Crippen LogP contribution in [0.4, 0.5) is 0 Å². The number of hydrogen-bond donors (Lipinski definition) is 1. The van der Waals surface area contributed by atoms with Crippen LogP contribution in [0.5, 0.6) is 0 Å². The van der Waals surface area contributed by atoms with Crippen molar-refractivity contribution in [3.05, 3.63) is 29.8 Å². The second kappa shape index (κ2) is 4.86. The van der Waals surface area contributed by atoms with Crippen LogP contribution in [0.1, 0.15) is 25.8 Å². The van der Waals surface area contributed by atoms with Gasteiger partial charge in [-0.3, -0.25) is 0 Å². The Kier molecular flexibility index (Phi) is 3.91. The second-order valence-electron chi connectivity index (χ2n) is 4.17. The third kappa shape index (κ3) is 3.05. The molecule has 0 spiro atoms. The minimum atomic E-state index is -3.65. The van der Waals surface area contributed by atoms with Crippen molar-refractivity contribution in [1.82, 2.24) is 4.72 Å². The Bertz CT molecular complexity index is 546. The first-order chi connectivity index (χ1) is 7.84. The first-order valence-electron chi connectivity index (χ1n) is 5.35. The minimum absolute atomic E-state index is 0.218. The third-order valence-electron chi connectivity index (χ3n) is 2.70. The van der Waals surface area contributed by atoms with Crippen LogP contribution in [0.3, 0.4) is 0 Å². The highest BCUT2D eigenvalue weighted by atomic mass is 32.2. The normalized spacial score (nSPS) is 14.9. The predicted octanol–water partition coefficient (Wildman–Crippen LogP) is 1.97. The lowest BCUT2D eigenvalue weighted by Crippen LogP contribution is -2.44. The molecule has 1 N–H and O–H groups in total. The molecule has 1 rings (SSSR count). The molecule has 92 valence electrons. The summed E-state index contributed by atoms with van der Waals surface area (Å²) in [6.45, 7) is 5.07. The zero-order valence-corrected chi connectivity index (χ0v) is 11.0. The number of sulfonamides is 1. The van der Waals surface area contributed by atoms with E-state index in [1.807, 2.05) is 6.07 Å². The van der Waals surface area contributed by atoms with E-state index in [0.717, 1.165) is 0 Å². The maximum atomic E-state index is 12.1. The van der Waals surface area contributed by atoms with Crippen molar-refractivity contribution in [3.8, 4) is 6.07 Å². The Morgan fingerprint density at radius 1 is 1.41 bits per heavy atom. The van der Waals surface area contributed by atoms with Crippen molar-refractivity contribution in [2.24, 2.45) is 0 Å². The van der Waals surface area contributed by atoms with E-state index in [2.05, 4.69) is 4.72 Å². The minimum Gasteiger partial charge on any atom is -0.207 e. The summed E-state index contributed by atoms with van der Waals surface area (Å²) >= 11 is 0. The van der Waals surface area contributed by atoms with Gasteiger partial charge in [-0.15, -0.1) is 0 Å². The first kappa shape index (κ1) is 13.7. The Hall–Kier alpha value is -1.38. The van der Waals surface area contributed by atoms with E-state index in [1.54, 1.807) is 39.0 Å². The molecule has 0 saturated carbocycles. The molecule has 0 aromatic heterocycles. The topological polar surface area (TPSA) is 70.0 Å². The highest BCUT2D eigenvalue weighted by Gasteiger charge is 2.29. The van der Waals surface area contributed by atoms with E-state index in [-0.39, 0.29) is 4.90 Å². The van der Waals surface area contributed by atoms with E-state index < -0.39 is 15.6 Å². The van der Waals surface area contributed by atoms with Crippen LogP contribution in [0, 0.1) is 18.3 Å². The highest BCUT2D eigenvalue weighted by Crippen LogP contribution is 2.18. The molecule has 5 heteroatoms. The quantitative estimate of drug-likeness (QED) is 0.890. The summed E-state index contributed by atoms with van der Waals surface area (Å²) in [7, 11) is -3.65. The van der Waals surface area contributed by atoms with Crippen molar-refractivity contribution in [3.63, 3.8) is 0 Å². The van der Waals surface area contributed by atoms with Crippen LogP contribution in [-0.2, 0) is 10.0 Å². The fourth-order valence-corrected chi connectivity index (χ4v) is 3.03. The average Bonchev–Trinajstić information content (AvgIpc) is 2.28. The van der Waals surface area contributed by atoms with Gasteiger partial charge in [0, 0.05) is 0 Å². The highest BCUT2D eigenvalue weighted by molar-refractivity contribution is 7.89. The Morgan fingerprint density at radius 3 is 2.47 bits per heavy atom. The van der Waals surface area contributed by atoms with Gasteiger partial charge in [0.25, 0.3) is 0 Å². The van der Waals surface area contributed by atoms with Crippen molar-refractivity contribution in [2.75, 3.05) is 0 Å². The van der Waals surface area contributed by atoms with Crippen LogP contribution in [0.25, 0.3) is 0 Å². The molecule has 1 atom stereocenters. The molecule has 4 nitrogen and oxygen atoms in total. The number of nitriles is 1. The zero-order chi connectivity index (χ0) is 13.1. The third-order valence-corrected chi connectivity index (χ3v) is 4.45. The van der Waals surface area contributed by atoms with E-state index in [0.29, 0.717) is 12.0 Å². The average molecular weight is 252 g/mol. The van der Waals surface area contributed by atoms with Crippen LogP contribution >= 0.6 is 0 Å².